The zero-order valence-corrected chi connectivity index (χ0v) is 12.4. The summed E-state index contributed by atoms with van der Waals surface area (Å²) < 4.78 is 6.92. The zero-order chi connectivity index (χ0) is 13.9. The first kappa shape index (κ1) is 12.9. The van der Waals surface area contributed by atoms with Crippen LogP contribution in [-0.2, 0) is 6.54 Å². The Hall–Kier alpha value is -2.08. The van der Waals surface area contributed by atoms with Gasteiger partial charge in [-0.25, -0.2) is 10.1 Å². The van der Waals surface area contributed by atoms with Crippen LogP contribution < -0.4 is 5.32 Å². The van der Waals surface area contributed by atoms with E-state index in [2.05, 4.69) is 49.4 Å². The molecule has 1 aromatic carbocycles. The maximum absolute atomic E-state index is 5.82. The molecular weight excluding hydrogens is 320 g/mol. The van der Waals surface area contributed by atoms with Gasteiger partial charge in [0.1, 0.15) is 17.8 Å². The number of hydrogen-bond donors (Lipinski definition) is 2. The second-order valence-electron chi connectivity index (χ2n) is 4.42. The van der Waals surface area contributed by atoms with Crippen LogP contribution in [0.4, 0.5) is 5.95 Å². The molecule has 0 atom stereocenters. The Morgan fingerprint density at radius 2 is 2.20 bits per heavy atom. The molecule has 2 heterocycles. The maximum atomic E-state index is 5.82. The van der Waals surface area contributed by atoms with Crippen LogP contribution in [0.1, 0.15) is 11.3 Å². The number of aryl methyl sites for hydroxylation is 1. The highest BCUT2D eigenvalue weighted by atomic mass is 79.9. The lowest BCUT2D eigenvalue weighted by atomic mass is 10.1. The molecule has 0 spiro atoms. The summed E-state index contributed by atoms with van der Waals surface area (Å²) in [5, 5.41) is 9.61. The van der Waals surface area contributed by atoms with Gasteiger partial charge in [-0.2, -0.15) is 5.10 Å². The van der Waals surface area contributed by atoms with Gasteiger partial charge in [0, 0.05) is 10.0 Å². The number of furan rings is 1. The van der Waals surface area contributed by atoms with Crippen molar-refractivity contribution in [2.45, 2.75) is 13.5 Å². The quantitative estimate of drug-likeness (QED) is 0.763. The lowest BCUT2D eigenvalue weighted by Crippen LogP contribution is -1.99. The third kappa shape index (κ3) is 2.75. The van der Waals surface area contributed by atoms with E-state index in [1.165, 1.54) is 11.9 Å². The second-order valence-corrected chi connectivity index (χ2v) is 5.27. The van der Waals surface area contributed by atoms with Crippen LogP contribution in [0.2, 0.25) is 0 Å². The third-order valence-corrected chi connectivity index (χ3v) is 3.84. The average molecular weight is 333 g/mol. The van der Waals surface area contributed by atoms with Crippen molar-refractivity contribution in [2.75, 3.05) is 5.32 Å². The first-order valence-electron chi connectivity index (χ1n) is 6.17. The summed E-state index contributed by atoms with van der Waals surface area (Å²) in [6.07, 6.45) is 1.46. The Balaban J connectivity index is 1.74. The van der Waals surface area contributed by atoms with E-state index < -0.39 is 0 Å². The molecule has 0 unspecified atom stereocenters. The first-order valence-corrected chi connectivity index (χ1v) is 6.96. The second kappa shape index (κ2) is 5.50. The molecule has 2 aromatic heterocycles. The van der Waals surface area contributed by atoms with E-state index in [9.17, 15) is 0 Å². The molecule has 0 saturated heterocycles. The van der Waals surface area contributed by atoms with Crippen LogP contribution in [0.5, 0.6) is 0 Å². The summed E-state index contributed by atoms with van der Waals surface area (Å²) >= 11 is 3.50. The third-order valence-electron chi connectivity index (χ3n) is 2.95. The number of nitrogens with one attached hydrogen (secondary N) is 2. The van der Waals surface area contributed by atoms with Gasteiger partial charge in [0.15, 0.2) is 0 Å². The molecule has 0 aliphatic rings. The van der Waals surface area contributed by atoms with E-state index in [-0.39, 0.29) is 0 Å². The van der Waals surface area contributed by atoms with Crippen LogP contribution in [-0.4, -0.2) is 15.2 Å². The van der Waals surface area contributed by atoms with Crippen LogP contribution in [0, 0.1) is 6.92 Å². The fourth-order valence-corrected chi connectivity index (χ4v) is 2.13. The number of benzene rings is 1. The van der Waals surface area contributed by atoms with Crippen molar-refractivity contribution in [1.29, 1.82) is 0 Å². The normalized spacial score (nSPS) is 10.7. The minimum absolute atomic E-state index is 0.560. The number of aromatic nitrogens is 3. The molecule has 5 nitrogen and oxygen atoms in total. The molecule has 102 valence electrons. The minimum Gasteiger partial charge on any atom is -0.459 e. The Morgan fingerprint density at radius 3 is 2.95 bits per heavy atom. The van der Waals surface area contributed by atoms with Crippen molar-refractivity contribution in [3.63, 3.8) is 0 Å². The van der Waals surface area contributed by atoms with Gasteiger partial charge in [-0.05, 0) is 36.8 Å². The van der Waals surface area contributed by atoms with Crippen LogP contribution in [0.25, 0.3) is 11.3 Å². The Labute approximate surface area is 124 Å². The molecule has 0 aliphatic carbocycles. The molecular formula is C14H13BrN4O. The summed E-state index contributed by atoms with van der Waals surface area (Å²) in [6.45, 7) is 2.62. The van der Waals surface area contributed by atoms with E-state index in [0.29, 0.717) is 12.5 Å². The van der Waals surface area contributed by atoms with Gasteiger partial charge in [-0.3, -0.25) is 0 Å². The Kier molecular flexibility index (Phi) is 3.56. The lowest BCUT2D eigenvalue weighted by molar-refractivity contribution is 0.531. The van der Waals surface area contributed by atoms with E-state index in [1.807, 2.05) is 24.3 Å². The molecule has 0 radical (unpaired) electrons. The molecule has 2 N–H and O–H groups in total. The molecule has 6 heteroatoms. The topological polar surface area (TPSA) is 66.7 Å². The highest BCUT2D eigenvalue weighted by molar-refractivity contribution is 9.10. The summed E-state index contributed by atoms with van der Waals surface area (Å²) in [4.78, 5) is 3.99. The fourth-order valence-electron chi connectivity index (χ4n) is 1.89. The highest BCUT2D eigenvalue weighted by Crippen LogP contribution is 2.26. The Morgan fingerprint density at radius 1 is 1.30 bits per heavy atom. The molecule has 3 rings (SSSR count). The van der Waals surface area contributed by atoms with Crippen molar-refractivity contribution in [2.24, 2.45) is 0 Å². The summed E-state index contributed by atoms with van der Waals surface area (Å²) in [5.74, 6) is 2.33. The number of nitrogens with zero attached hydrogens (tertiary/aromatic N) is 2. The van der Waals surface area contributed by atoms with Crippen LogP contribution in [0.3, 0.4) is 0 Å². The smallest absolute Gasteiger partial charge is 0.218 e. The predicted octanol–water partition coefficient (Wildman–Crippen LogP) is 3.75. The van der Waals surface area contributed by atoms with Gasteiger partial charge in [-0.15, -0.1) is 0 Å². The standard InChI is InChI=1S/C14H13BrN4O/c1-9-6-10(2-4-12(9)15)13-5-3-11(20-13)7-16-14-17-8-18-19-14/h2-6,8H,7H2,1H3,(H2,16,17,18,19). The summed E-state index contributed by atoms with van der Waals surface area (Å²) in [5.41, 5.74) is 2.25. The van der Waals surface area contributed by atoms with Crippen molar-refractivity contribution >= 4 is 21.9 Å². The van der Waals surface area contributed by atoms with Gasteiger partial charge in [-0.1, -0.05) is 22.0 Å². The fraction of sp³-hybridized carbons (Fsp3) is 0.143. The van der Waals surface area contributed by atoms with Crippen molar-refractivity contribution in [3.05, 3.63) is 52.5 Å². The molecule has 0 bridgehead atoms. The van der Waals surface area contributed by atoms with Crippen LogP contribution >= 0.6 is 15.9 Å². The van der Waals surface area contributed by atoms with E-state index >= 15 is 0 Å². The van der Waals surface area contributed by atoms with Gasteiger partial charge in [0.2, 0.25) is 5.95 Å². The number of aromatic amines is 1. The minimum atomic E-state index is 0.560. The van der Waals surface area contributed by atoms with Gasteiger partial charge in [0.25, 0.3) is 0 Å². The number of rotatable bonds is 4. The molecule has 0 aliphatic heterocycles. The van der Waals surface area contributed by atoms with E-state index in [1.54, 1.807) is 0 Å². The Bertz CT molecular complexity index is 706. The molecule has 3 aromatic rings. The molecule has 20 heavy (non-hydrogen) atoms. The summed E-state index contributed by atoms with van der Waals surface area (Å²) in [7, 11) is 0. The van der Waals surface area contributed by atoms with Crippen LogP contribution in [0.15, 0.2) is 45.5 Å². The largest absolute Gasteiger partial charge is 0.459 e. The van der Waals surface area contributed by atoms with Gasteiger partial charge < -0.3 is 9.73 Å². The van der Waals surface area contributed by atoms with Crippen molar-refractivity contribution < 1.29 is 4.42 Å². The number of hydrogen-bond acceptors (Lipinski definition) is 4. The van der Waals surface area contributed by atoms with Crippen molar-refractivity contribution in [3.8, 4) is 11.3 Å². The predicted molar refractivity (Wildman–Crippen MR) is 80.3 cm³/mol. The van der Waals surface area contributed by atoms with E-state index in [4.69, 9.17) is 4.42 Å². The number of halogens is 1. The number of H-pyrrole nitrogens is 1. The molecule has 0 fully saturated rings. The van der Waals surface area contributed by atoms with Crippen molar-refractivity contribution in [1.82, 2.24) is 15.2 Å². The van der Waals surface area contributed by atoms with Gasteiger partial charge >= 0.3 is 0 Å². The SMILES string of the molecule is Cc1cc(-c2ccc(CNc3ncn[nH]3)o2)ccc1Br. The molecule has 0 amide bonds. The lowest BCUT2D eigenvalue weighted by Gasteiger charge is -2.02. The molecule has 0 saturated carbocycles. The van der Waals surface area contributed by atoms with Gasteiger partial charge in [0.05, 0.1) is 6.54 Å². The number of anilines is 1. The summed E-state index contributed by atoms with van der Waals surface area (Å²) in [6, 6.07) is 10.1. The monoisotopic (exact) mass is 332 g/mol. The first-order chi connectivity index (χ1) is 9.72. The van der Waals surface area contributed by atoms with E-state index in [0.717, 1.165) is 21.6 Å². The highest BCUT2D eigenvalue weighted by Gasteiger charge is 2.06. The average Bonchev–Trinajstić information content (AvgIpc) is 3.10. The zero-order valence-electron chi connectivity index (χ0n) is 10.9. The maximum Gasteiger partial charge on any atom is 0.218 e.